The van der Waals surface area contributed by atoms with Crippen molar-refractivity contribution in [3.63, 3.8) is 0 Å². The first kappa shape index (κ1) is 12.3. The maximum atomic E-state index is 12.3. The number of nitrogens with zero attached hydrogens (tertiary/aromatic N) is 2. The van der Waals surface area contributed by atoms with E-state index in [1.54, 1.807) is 0 Å². The fourth-order valence-electron chi connectivity index (χ4n) is 1.51. The van der Waals surface area contributed by atoms with Crippen molar-refractivity contribution in [2.45, 2.75) is 12.7 Å². The SMILES string of the molecule is O=Cc1cnn(Cc2ccc(C(F)(F)F)cc2)c1. The van der Waals surface area contributed by atoms with Crippen molar-refractivity contribution in [3.8, 4) is 0 Å². The third-order valence-corrected chi connectivity index (χ3v) is 2.42. The quantitative estimate of drug-likeness (QED) is 0.789. The summed E-state index contributed by atoms with van der Waals surface area (Å²) in [7, 11) is 0. The van der Waals surface area contributed by atoms with Gasteiger partial charge >= 0.3 is 6.18 Å². The highest BCUT2D eigenvalue weighted by atomic mass is 19.4. The van der Waals surface area contributed by atoms with Gasteiger partial charge in [0.05, 0.1) is 23.9 Å². The van der Waals surface area contributed by atoms with Gasteiger partial charge < -0.3 is 0 Å². The third-order valence-electron chi connectivity index (χ3n) is 2.42. The van der Waals surface area contributed by atoms with Gasteiger partial charge in [0, 0.05) is 6.20 Å². The highest BCUT2D eigenvalue weighted by molar-refractivity contribution is 5.73. The van der Waals surface area contributed by atoms with Crippen LogP contribution in [0.15, 0.2) is 36.7 Å². The molecule has 0 bridgehead atoms. The molecule has 0 spiro atoms. The number of aldehydes is 1. The van der Waals surface area contributed by atoms with E-state index in [-0.39, 0.29) is 0 Å². The Bertz CT molecular complexity index is 543. The first-order valence-electron chi connectivity index (χ1n) is 5.13. The molecule has 1 aromatic heterocycles. The summed E-state index contributed by atoms with van der Waals surface area (Å²) in [6.45, 7) is 0.325. The second-order valence-corrected chi connectivity index (χ2v) is 3.78. The zero-order valence-corrected chi connectivity index (χ0v) is 9.19. The average molecular weight is 254 g/mol. The summed E-state index contributed by atoms with van der Waals surface area (Å²) in [5.41, 5.74) is 0.436. The van der Waals surface area contributed by atoms with Crippen LogP contribution in [-0.4, -0.2) is 16.1 Å². The van der Waals surface area contributed by atoms with Crippen LogP contribution in [0.25, 0.3) is 0 Å². The molecule has 1 aromatic carbocycles. The van der Waals surface area contributed by atoms with E-state index in [1.165, 1.54) is 29.2 Å². The van der Waals surface area contributed by atoms with E-state index in [2.05, 4.69) is 5.10 Å². The molecule has 0 aliphatic carbocycles. The highest BCUT2D eigenvalue weighted by Crippen LogP contribution is 2.29. The number of carbonyl (C=O) groups is 1. The summed E-state index contributed by atoms with van der Waals surface area (Å²) in [4.78, 5) is 10.4. The van der Waals surface area contributed by atoms with E-state index in [0.29, 0.717) is 24.0 Å². The van der Waals surface area contributed by atoms with Gasteiger partial charge in [-0.1, -0.05) is 12.1 Å². The molecular weight excluding hydrogens is 245 g/mol. The van der Waals surface area contributed by atoms with Gasteiger partial charge in [0.25, 0.3) is 0 Å². The molecule has 0 saturated carbocycles. The molecule has 3 nitrogen and oxygen atoms in total. The van der Waals surface area contributed by atoms with Crippen molar-refractivity contribution in [2.75, 3.05) is 0 Å². The smallest absolute Gasteiger partial charge is 0.298 e. The van der Waals surface area contributed by atoms with E-state index >= 15 is 0 Å². The molecular formula is C12H9F3N2O. The molecule has 0 amide bonds. The predicted octanol–water partition coefficient (Wildman–Crippen LogP) is 2.76. The van der Waals surface area contributed by atoms with Gasteiger partial charge in [0.15, 0.2) is 6.29 Å². The molecule has 6 heteroatoms. The largest absolute Gasteiger partial charge is 0.416 e. The lowest BCUT2D eigenvalue weighted by atomic mass is 10.1. The van der Waals surface area contributed by atoms with Crippen molar-refractivity contribution in [3.05, 3.63) is 53.3 Å². The van der Waals surface area contributed by atoms with Crippen LogP contribution in [0.1, 0.15) is 21.5 Å². The minimum Gasteiger partial charge on any atom is -0.298 e. The third kappa shape index (κ3) is 2.77. The van der Waals surface area contributed by atoms with Gasteiger partial charge in [-0.2, -0.15) is 18.3 Å². The van der Waals surface area contributed by atoms with Crippen LogP contribution in [0.2, 0.25) is 0 Å². The second-order valence-electron chi connectivity index (χ2n) is 3.78. The summed E-state index contributed by atoms with van der Waals surface area (Å²) in [6, 6.07) is 4.84. The first-order chi connectivity index (χ1) is 8.49. The Morgan fingerprint density at radius 1 is 1.22 bits per heavy atom. The normalized spacial score (nSPS) is 11.5. The van der Waals surface area contributed by atoms with E-state index in [9.17, 15) is 18.0 Å². The summed E-state index contributed by atoms with van der Waals surface area (Å²) in [5.74, 6) is 0. The van der Waals surface area contributed by atoms with E-state index in [0.717, 1.165) is 12.1 Å². The standard InChI is InChI=1S/C12H9F3N2O/c13-12(14,15)11-3-1-9(2-4-11)6-17-7-10(8-18)5-16-17/h1-5,7-8H,6H2. The highest BCUT2D eigenvalue weighted by Gasteiger charge is 2.29. The van der Waals surface area contributed by atoms with E-state index < -0.39 is 11.7 Å². The van der Waals surface area contributed by atoms with Crippen LogP contribution >= 0.6 is 0 Å². The summed E-state index contributed by atoms with van der Waals surface area (Å²) < 4.78 is 38.5. The lowest BCUT2D eigenvalue weighted by molar-refractivity contribution is -0.137. The van der Waals surface area contributed by atoms with Crippen molar-refractivity contribution in [1.82, 2.24) is 9.78 Å². The summed E-state index contributed by atoms with van der Waals surface area (Å²) in [6.07, 6.45) is -0.729. The fourth-order valence-corrected chi connectivity index (χ4v) is 1.51. The first-order valence-corrected chi connectivity index (χ1v) is 5.13. The minimum absolute atomic E-state index is 0.325. The van der Waals surface area contributed by atoms with Crippen molar-refractivity contribution >= 4 is 6.29 Å². The molecule has 2 rings (SSSR count). The molecule has 0 fully saturated rings. The van der Waals surface area contributed by atoms with Crippen molar-refractivity contribution in [2.24, 2.45) is 0 Å². The van der Waals surface area contributed by atoms with Crippen molar-refractivity contribution in [1.29, 1.82) is 0 Å². The minimum atomic E-state index is -4.32. The molecule has 0 aliphatic heterocycles. The fraction of sp³-hybridized carbons (Fsp3) is 0.167. The molecule has 18 heavy (non-hydrogen) atoms. The number of aromatic nitrogens is 2. The van der Waals surface area contributed by atoms with E-state index in [4.69, 9.17) is 0 Å². The lowest BCUT2D eigenvalue weighted by Crippen LogP contribution is -2.05. The number of halogens is 3. The van der Waals surface area contributed by atoms with Crippen molar-refractivity contribution < 1.29 is 18.0 Å². The van der Waals surface area contributed by atoms with Gasteiger partial charge in [0.2, 0.25) is 0 Å². The molecule has 0 radical (unpaired) electrons. The van der Waals surface area contributed by atoms with Gasteiger partial charge in [-0.05, 0) is 17.7 Å². The molecule has 2 aromatic rings. The van der Waals surface area contributed by atoms with Gasteiger partial charge in [-0.25, -0.2) is 0 Å². The molecule has 0 N–H and O–H groups in total. The van der Waals surface area contributed by atoms with Crippen LogP contribution < -0.4 is 0 Å². The molecule has 0 unspecified atom stereocenters. The Hall–Kier alpha value is -2.11. The van der Waals surface area contributed by atoms with Crippen LogP contribution in [0, 0.1) is 0 Å². The van der Waals surface area contributed by atoms with Crippen LogP contribution in [0.3, 0.4) is 0 Å². The molecule has 0 atom stereocenters. The lowest BCUT2D eigenvalue weighted by Gasteiger charge is -2.07. The maximum absolute atomic E-state index is 12.3. The Morgan fingerprint density at radius 3 is 2.39 bits per heavy atom. The average Bonchev–Trinajstić information content (AvgIpc) is 2.76. The molecule has 94 valence electrons. The zero-order valence-electron chi connectivity index (χ0n) is 9.19. The van der Waals surface area contributed by atoms with Crippen LogP contribution in [0.4, 0.5) is 13.2 Å². The summed E-state index contributed by atoms with van der Waals surface area (Å²) in [5, 5.41) is 3.92. The monoisotopic (exact) mass is 254 g/mol. The number of benzene rings is 1. The Labute approximate surface area is 101 Å². The molecule has 0 aliphatic rings. The number of rotatable bonds is 3. The van der Waals surface area contributed by atoms with E-state index in [1.807, 2.05) is 0 Å². The Balaban J connectivity index is 2.13. The number of carbonyl (C=O) groups excluding carboxylic acids is 1. The molecule has 1 heterocycles. The summed E-state index contributed by atoms with van der Waals surface area (Å²) >= 11 is 0. The number of hydrogen-bond donors (Lipinski definition) is 0. The Kier molecular flexibility index (Phi) is 3.18. The second kappa shape index (κ2) is 4.64. The Morgan fingerprint density at radius 2 is 1.89 bits per heavy atom. The van der Waals surface area contributed by atoms with Gasteiger partial charge in [-0.3, -0.25) is 9.48 Å². The van der Waals surface area contributed by atoms with Gasteiger partial charge in [-0.15, -0.1) is 0 Å². The zero-order chi connectivity index (χ0) is 13.2. The number of alkyl halides is 3. The predicted molar refractivity (Wildman–Crippen MR) is 58.2 cm³/mol. The number of hydrogen-bond acceptors (Lipinski definition) is 2. The van der Waals surface area contributed by atoms with Crippen LogP contribution in [0.5, 0.6) is 0 Å². The maximum Gasteiger partial charge on any atom is 0.416 e. The van der Waals surface area contributed by atoms with Gasteiger partial charge in [0.1, 0.15) is 0 Å². The van der Waals surface area contributed by atoms with Crippen LogP contribution in [-0.2, 0) is 12.7 Å². The molecule has 0 saturated heterocycles. The topological polar surface area (TPSA) is 34.9 Å².